The van der Waals surface area contributed by atoms with E-state index in [4.69, 9.17) is 41.7 Å². The van der Waals surface area contributed by atoms with Gasteiger partial charge in [-0.3, -0.25) is 33.3 Å². The van der Waals surface area contributed by atoms with Gasteiger partial charge in [0.2, 0.25) is 41.3 Å². The second-order valence-electron chi connectivity index (χ2n) is 37.0. The molecule has 0 radical (unpaired) electrons. The number of amides is 5. The third kappa shape index (κ3) is 25.2. The van der Waals surface area contributed by atoms with Crippen molar-refractivity contribution < 1.29 is 89.0 Å². The molecule has 44 heteroatoms. The molecular weight excluding hydrogens is 1830 g/mol. The number of benzene rings is 1. The Kier molecular flexibility index (Phi) is 33.0. The van der Waals surface area contributed by atoms with Crippen LogP contribution in [-0.4, -0.2) is 164 Å². The molecule has 0 atom stereocenters. The van der Waals surface area contributed by atoms with E-state index in [1.165, 1.54) is 159 Å². The molecule has 0 aliphatic carbocycles. The summed E-state index contributed by atoms with van der Waals surface area (Å²) in [5.41, 5.74) is 1.26. The molecule has 0 fully saturated rings. The third-order valence-electron chi connectivity index (χ3n) is 20.0. The zero-order valence-corrected chi connectivity index (χ0v) is 83.8. The first-order valence-corrected chi connectivity index (χ1v) is 48.5. The van der Waals surface area contributed by atoms with Gasteiger partial charge < -0.3 is 45.1 Å². The molecule has 9 heterocycles. The minimum Gasteiger partial charge on any atom is -0.481 e. The third-order valence-corrected chi connectivity index (χ3v) is 33.1. The molecule has 0 saturated carbocycles. The van der Waals surface area contributed by atoms with Crippen molar-refractivity contribution in [1.82, 2.24) is 54.8 Å². The van der Waals surface area contributed by atoms with Crippen LogP contribution in [0.25, 0.3) is 0 Å². The molecule has 10 rings (SSSR count). The van der Waals surface area contributed by atoms with Gasteiger partial charge >= 0.3 is 0 Å². The Morgan fingerprint density at radius 2 is 0.651 bits per heavy atom. The summed E-state index contributed by atoms with van der Waals surface area (Å²) in [6.07, 6.45) is 4.62. The summed E-state index contributed by atoms with van der Waals surface area (Å²) in [5.74, 6) is -1.08. The van der Waals surface area contributed by atoms with Gasteiger partial charge in [-0.25, -0.2) is 71.4 Å². The predicted octanol–water partition coefficient (Wildman–Crippen LogP) is 14.8. The van der Waals surface area contributed by atoms with Gasteiger partial charge in [-0.2, -0.15) is 10.2 Å². The molecule has 1 aromatic carbocycles. The summed E-state index contributed by atoms with van der Waals surface area (Å²) < 4.78 is 156. The standard InChI is InChI=1S/C18H26N4O4S.C17H23ClN4O3S.C17H21FN2O3S2.C17H23N3O5S.C16H20ClN3O4S/c1-17(2,3)13-10-14(22(6)21-13)20-16(23)18(4,5)27(24,25)12-8-9-15(26-7)19-11-12;1-16(2,3)12-9-14(22(6)21-12)20-15(23)17(4,5)26(24,25)11-7-8-13(18)19-10-11;1-16(2,3)13-10-24-15(19-13)20-14(21)17(4,5)25(22,23)12-8-6-11(18)7-9-12;1-16(2,3)12-9-13(20-25-12)19-15(21)17(4,5)26(22,23)11-7-8-14(24-6)18-10-11;1-15(2,3)11-8-13(20-24-11)19-14(21)16(4,5)25(22,23)10-6-7-12(17)18-9-10/h8-11H,1-7H3,(H,20,23);7-10H,1-6H3,(H,20,23);6-10H,1-5H3,(H,19,20,21);7-10H,1-6H3,(H,19,20,21);6-9H,1-5H3,(H,19,20,21). The maximum absolute atomic E-state index is 13.0. The van der Waals surface area contributed by atoms with Crippen LogP contribution in [0.5, 0.6) is 11.8 Å². The number of aromatic nitrogens is 11. The number of rotatable bonds is 22. The number of hydrogen-bond acceptors (Lipinski definition) is 29. The number of pyridine rings is 4. The van der Waals surface area contributed by atoms with Gasteiger partial charge in [-0.15, -0.1) is 11.3 Å². The summed E-state index contributed by atoms with van der Waals surface area (Å²) in [4.78, 5) is 82.6. The first-order valence-electron chi connectivity index (χ1n) is 39.5. The van der Waals surface area contributed by atoms with Crippen molar-refractivity contribution in [2.24, 2.45) is 14.1 Å². The quantitative estimate of drug-likeness (QED) is 0.0311. The van der Waals surface area contributed by atoms with Crippen molar-refractivity contribution in [3.05, 3.63) is 172 Å². The highest BCUT2D eigenvalue weighted by atomic mass is 35.5. The number of thiazole rings is 1. The molecule has 129 heavy (non-hydrogen) atoms. The summed E-state index contributed by atoms with van der Waals surface area (Å²) >= 11 is 12.6. The van der Waals surface area contributed by atoms with Gasteiger partial charge in [0.05, 0.1) is 55.8 Å². The van der Waals surface area contributed by atoms with Crippen molar-refractivity contribution in [2.45, 2.75) is 248 Å². The lowest BCUT2D eigenvalue weighted by Gasteiger charge is -2.23. The largest absolute Gasteiger partial charge is 0.481 e. The molecule has 10 aromatic rings. The summed E-state index contributed by atoms with van der Waals surface area (Å²) in [6.45, 7) is 43.0. The molecular formula is C85H113Cl2FN16O19S6. The van der Waals surface area contributed by atoms with Crippen molar-refractivity contribution >= 4 is 142 Å². The van der Waals surface area contributed by atoms with E-state index in [1.54, 1.807) is 38.4 Å². The molecule has 5 N–H and O–H groups in total. The molecule has 704 valence electrons. The molecule has 9 aromatic heterocycles. The summed E-state index contributed by atoms with van der Waals surface area (Å²) in [7, 11) is -13.7. The number of nitrogens with one attached hydrogen (secondary N) is 5. The van der Waals surface area contributed by atoms with E-state index in [2.05, 4.69) is 72.0 Å². The van der Waals surface area contributed by atoms with Gasteiger partial charge in [0.15, 0.2) is 66.0 Å². The summed E-state index contributed by atoms with van der Waals surface area (Å²) in [5, 5.41) is 31.8. The lowest BCUT2D eigenvalue weighted by atomic mass is 9.92. The summed E-state index contributed by atoms with van der Waals surface area (Å²) in [6, 6.07) is 22.0. The topological polar surface area (TPSA) is 487 Å². The molecule has 0 unspecified atom stereocenters. The maximum Gasteiger partial charge on any atom is 0.247 e. The van der Waals surface area contributed by atoms with Crippen molar-refractivity contribution in [3.63, 3.8) is 0 Å². The monoisotopic (exact) mass is 1940 g/mol. The minimum atomic E-state index is -4.00. The number of carbonyl (C=O) groups excluding carboxylic acids is 5. The van der Waals surface area contributed by atoms with E-state index in [0.717, 1.165) is 59.9 Å². The van der Waals surface area contributed by atoms with Crippen molar-refractivity contribution in [3.8, 4) is 11.8 Å². The van der Waals surface area contributed by atoms with Crippen LogP contribution in [-0.2, 0) is 114 Å². The highest BCUT2D eigenvalue weighted by Gasteiger charge is 2.49. The number of anilines is 5. The molecule has 0 aliphatic heterocycles. The second kappa shape index (κ2) is 39.7. The second-order valence-corrected chi connectivity index (χ2v) is 51.1. The number of carbonyl (C=O) groups is 5. The fraction of sp³-hybridized carbons (Fsp3) is 0.459. The first kappa shape index (κ1) is 107. The SMILES string of the molecule is CC(C)(C)c1cc(NC(=O)C(C)(C)S(=O)(=O)c2ccc(Cl)nc2)no1.CC(C)(C)c1csc(NC(=O)C(C)(C)S(=O)(=O)c2ccc(F)cc2)n1.COc1ccc(S(=O)(=O)C(C)(C)C(=O)Nc2cc(C(C)(C)C)nn2C)cn1.COc1ccc(S(=O)(=O)C(C)(C)C(=O)Nc2cc(C(C)(C)C)on2)cn1.Cn1nc(C(C)(C)C)cc1NC(=O)C(C)(C)S(=O)(=O)c1ccc(Cl)nc1. The van der Waals surface area contributed by atoms with Crippen LogP contribution in [0.2, 0.25) is 10.3 Å². The Morgan fingerprint density at radius 1 is 0.372 bits per heavy atom. The van der Waals surface area contributed by atoms with Crippen LogP contribution in [0, 0.1) is 5.82 Å². The average molecular weight is 1950 g/mol. The first-order chi connectivity index (χ1) is 58.7. The number of hydrogen-bond donors (Lipinski definition) is 5. The average Bonchev–Trinajstić information content (AvgIpc) is 1.71. The number of aryl methyl sites for hydroxylation is 2. The normalized spacial score (nSPS) is 12.8. The Bertz CT molecular complexity index is 6150. The number of methoxy groups -OCH3 is 2. The van der Waals surface area contributed by atoms with Gasteiger partial charge in [0.1, 0.15) is 63.0 Å². The van der Waals surface area contributed by atoms with Crippen LogP contribution < -0.4 is 36.1 Å². The number of sulfone groups is 5. The Morgan fingerprint density at radius 3 is 0.899 bits per heavy atom. The molecule has 0 bridgehead atoms. The van der Waals surface area contributed by atoms with Gasteiger partial charge in [-0.1, -0.05) is 137 Å². The Balaban J connectivity index is 0.000000249. The number of ether oxygens (including phenoxy) is 2. The van der Waals surface area contributed by atoms with E-state index < -0.39 is 108 Å². The van der Waals surface area contributed by atoms with E-state index in [0.29, 0.717) is 34.2 Å². The van der Waals surface area contributed by atoms with Crippen LogP contribution in [0.4, 0.5) is 32.8 Å². The fourth-order valence-electron chi connectivity index (χ4n) is 10.3. The van der Waals surface area contributed by atoms with Crippen LogP contribution >= 0.6 is 34.5 Å². The Hall–Kier alpha value is -10.5. The Labute approximate surface area is 767 Å². The predicted molar refractivity (Wildman–Crippen MR) is 491 cm³/mol. The zero-order chi connectivity index (χ0) is 98.4. The number of nitrogens with zero attached hydrogens (tertiary/aromatic N) is 11. The molecule has 5 amide bonds. The molecule has 0 saturated heterocycles. The smallest absolute Gasteiger partial charge is 0.247 e. The fourth-order valence-corrected chi connectivity index (χ4v) is 18.1. The van der Waals surface area contributed by atoms with Crippen LogP contribution in [0.15, 0.2) is 161 Å². The van der Waals surface area contributed by atoms with Crippen molar-refractivity contribution in [2.75, 3.05) is 40.8 Å². The highest BCUT2D eigenvalue weighted by Crippen LogP contribution is 2.37. The zero-order valence-electron chi connectivity index (χ0n) is 77.4. The molecule has 35 nitrogen and oxygen atoms in total. The van der Waals surface area contributed by atoms with E-state index in [1.807, 2.05) is 109 Å². The number of halogens is 3. The molecule has 0 aliphatic rings. The van der Waals surface area contributed by atoms with Gasteiger partial charge in [-0.05, 0) is 130 Å². The van der Waals surface area contributed by atoms with E-state index >= 15 is 0 Å². The van der Waals surface area contributed by atoms with E-state index in [9.17, 15) is 70.5 Å². The lowest BCUT2D eigenvalue weighted by Crippen LogP contribution is -2.44. The van der Waals surface area contributed by atoms with Crippen LogP contribution in [0.3, 0.4) is 0 Å². The van der Waals surface area contributed by atoms with Gasteiger partial charge in [0, 0.05) is 108 Å². The van der Waals surface area contributed by atoms with Crippen LogP contribution in [0.1, 0.15) is 202 Å². The highest BCUT2D eigenvalue weighted by molar-refractivity contribution is 7.95. The minimum absolute atomic E-state index is 0.0520. The lowest BCUT2D eigenvalue weighted by molar-refractivity contribution is -0.118. The van der Waals surface area contributed by atoms with Crippen molar-refractivity contribution in [1.29, 1.82) is 0 Å². The van der Waals surface area contributed by atoms with Gasteiger partial charge in [0.25, 0.3) is 0 Å². The van der Waals surface area contributed by atoms with E-state index in [-0.39, 0.29) is 79.4 Å². The maximum atomic E-state index is 13.0. The molecule has 0 spiro atoms.